The van der Waals surface area contributed by atoms with Gasteiger partial charge in [0.2, 0.25) is 5.91 Å². The van der Waals surface area contributed by atoms with Crippen molar-refractivity contribution in [1.29, 1.82) is 0 Å². The number of hydrogen-bond donors (Lipinski definition) is 2. The smallest absolute Gasteiger partial charge is 0.236 e. The standard InChI is InChI=1S/C14H25N3OS/c1-4-5-7-11(15)14(18)16-10-12(17(2)3)13-8-6-9-19-13/h6,8-9,11-12H,4-5,7,10,15H2,1-3H3,(H,16,18)/t11-,12?/m0/s1. The van der Waals surface area contributed by atoms with Crippen molar-refractivity contribution in [2.75, 3.05) is 20.6 Å². The minimum Gasteiger partial charge on any atom is -0.353 e. The number of carbonyl (C=O) groups excluding carboxylic acids is 1. The van der Waals surface area contributed by atoms with Crippen LogP contribution < -0.4 is 11.1 Å². The second kappa shape index (κ2) is 8.30. The first-order valence-corrected chi connectivity index (χ1v) is 7.67. The van der Waals surface area contributed by atoms with Crippen LogP contribution in [0, 0.1) is 0 Å². The first kappa shape index (κ1) is 16.1. The molecular formula is C14H25N3OS. The van der Waals surface area contributed by atoms with Gasteiger partial charge < -0.3 is 16.0 Å². The number of rotatable bonds is 8. The number of likely N-dealkylation sites (N-methyl/N-ethyl adjacent to an activating group) is 1. The summed E-state index contributed by atoms with van der Waals surface area (Å²) in [5.74, 6) is -0.0446. The largest absolute Gasteiger partial charge is 0.353 e. The van der Waals surface area contributed by atoms with Crippen LogP contribution in [0.25, 0.3) is 0 Å². The molecule has 1 rings (SSSR count). The summed E-state index contributed by atoms with van der Waals surface area (Å²) in [7, 11) is 4.04. The van der Waals surface area contributed by atoms with Crippen LogP contribution in [-0.2, 0) is 4.79 Å². The zero-order valence-corrected chi connectivity index (χ0v) is 12.9. The summed E-state index contributed by atoms with van der Waals surface area (Å²) in [4.78, 5) is 15.3. The topological polar surface area (TPSA) is 58.4 Å². The van der Waals surface area contributed by atoms with E-state index in [1.165, 1.54) is 4.88 Å². The third-order valence-electron chi connectivity index (χ3n) is 3.17. The van der Waals surface area contributed by atoms with Crippen LogP contribution in [0.2, 0.25) is 0 Å². The molecule has 0 aliphatic carbocycles. The zero-order chi connectivity index (χ0) is 14.3. The monoisotopic (exact) mass is 283 g/mol. The lowest BCUT2D eigenvalue weighted by Crippen LogP contribution is -2.43. The maximum Gasteiger partial charge on any atom is 0.236 e. The maximum atomic E-state index is 11.9. The molecular weight excluding hydrogens is 258 g/mol. The van der Waals surface area contributed by atoms with E-state index in [1.54, 1.807) is 11.3 Å². The molecule has 108 valence electrons. The van der Waals surface area contributed by atoms with Gasteiger partial charge in [-0.3, -0.25) is 4.79 Å². The molecule has 0 fully saturated rings. The molecule has 1 unspecified atom stereocenters. The van der Waals surface area contributed by atoms with E-state index in [4.69, 9.17) is 5.73 Å². The summed E-state index contributed by atoms with van der Waals surface area (Å²) in [5, 5.41) is 5.02. The summed E-state index contributed by atoms with van der Waals surface area (Å²) in [6.45, 7) is 2.70. The molecule has 0 aliphatic rings. The highest BCUT2D eigenvalue weighted by atomic mass is 32.1. The summed E-state index contributed by atoms with van der Waals surface area (Å²) < 4.78 is 0. The molecule has 19 heavy (non-hydrogen) atoms. The fraction of sp³-hybridized carbons (Fsp3) is 0.643. The fourth-order valence-corrected chi connectivity index (χ4v) is 2.82. The number of thiophene rings is 1. The molecule has 0 bridgehead atoms. The van der Waals surface area contributed by atoms with Gasteiger partial charge >= 0.3 is 0 Å². The Morgan fingerprint density at radius 1 is 1.53 bits per heavy atom. The lowest BCUT2D eigenvalue weighted by molar-refractivity contribution is -0.122. The van der Waals surface area contributed by atoms with Crippen molar-refractivity contribution >= 4 is 17.2 Å². The van der Waals surface area contributed by atoms with Crippen LogP contribution in [0.5, 0.6) is 0 Å². The van der Waals surface area contributed by atoms with Crippen LogP contribution >= 0.6 is 11.3 Å². The van der Waals surface area contributed by atoms with E-state index in [1.807, 2.05) is 20.2 Å². The van der Waals surface area contributed by atoms with Gasteiger partial charge in [0.25, 0.3) is 0 Å². The molecule has 1 aromatic rings. The Hall–Kier alpha value is -0.910. The van der Waals surface area contributed by atoms with Gasteiger partial charge in [0.05, 0.1) is 12.1 Å². The lowest BCUT2D eigenvalue weighted by Gasteiger charge is -2.24. The maximum absolute atomic E-state index is 11.9. The zero-order valence-electron chi connectivity index (χ0n) is 12.1. The Labute approximate surface area is 120 Å². The van der Waals surface area contributed by atoms with Crippen molar-refractivity contribution in [2.45, 2.75) is 38.3 Å². The molecule has 3 N–H and O–H groups in total. The van der Waals surface area contributed by atoms with Gasteiger partial charge in [-0.1, -0.05) is 25.8 Å². The molecule has 1 heterocycles. The number of amides is 1. The second-order valence-corrected chi connectivity index (χ2v) is 5.97. The molecule has 1 aromatic heterocycles. The molecule has 2 atom stereocenters. The summed E-state index contributed by atoms with van der Waals surface area (Å²) in [6.07, 6.45) is 2.82. The van der Waals surface area contributed by atoms with E-state index in [9.17, 15) is 4.79 Å². The van der Waals surface area contributed by atoms with Gasteiger partial charge in [0.15, 0.2) is 0 Å². The quantitative estimate of drug-likeness (QED) is 0.767. The third kappa shape index (κ3) is 5.30. The van der Waals surface area contributed by atoms with Crippen LogP contribution in [0.1, 0.15) is 37.1 Å². The van der Waals surface area contributed by atoms with Gasteiger partial charge in [0, 0.05) is 11.4 Å². The molecule has 0 aliphatic heterocycles. The molecule has 0 saturated heterocycles. The predicted octanol–water partition coefficient (Wildman–Crippen LogP) is 1.98. The Morgan fingerprint density at radius 2 is 2.26 bits per heavy atom. The molecule has 0 radical (unpaired) electrons. The van der Waals surface area contributed by atoms with Gasteiger partial charge in [-0.15, -0.1) is 11.3 Å². The van der Waals surface area contributed by atoms with Gasteiger partial charge in [0.1, 0.15) is 0 Å². The summed E-state index contributed by atoms with van der Waals surface area (Å²) in [5.41, 5.74) is 5.86. The van der Waals surface area contributed by atoms with Crippen molar-refractivity contribution in [3.05, 3.63) is 22.4 Å². The number of nitrogens with one attached hydrogen (secondary N) is 1. The Balaban J connectivity index is 2.46. The van der Waals surface area contributed by atoms with E-state index >= 15 is 0 Å². The van der Waals surface area contributed by atoms with Crippen molar-refractivity contribution < 1.29 is 4.79 Å². The second-order valence-electron chi connectivity index (χ2n) is 4.99. The van der Waals surface area contributed by atoms with E-state index in [0.29, 0.717) is 6.54 Å². The third-order valence-corrected chi connectivity index (χ3v) is 4.14. The SMILES string of the molecule is CCCC[C@H](N)C(=O)NCC(c1cccs1)N(C)C. The predicted molar refractivity (Wildman–Crippen MR) is 81.3 cm³/mol. The van der Waals surface area contributed by atoms with E-state index < -0.39 is 0 Å². The number of hydrogen-bond acceptors (Lipinski definition) is 4. The minimum atomic E-state index is -0.383. The number of unbranched alkanes of at least 4 members (excludes halogenated alkanes) is 1. The van der Waals surface area contributed by atoms with E-state index in [2.05, 4.69) is 28.6 Å². The Bertz CT molecular complexity index is 365. The summed E-state index contributed by atoms with van der Waals surface area (Å²) in [6, 6.07) is 3.96. The van der Waals surface area contributed by atoms with Crippen molar-refractivity contribution in [3.63, 3.8) is 0 Å². The van der Waals surface area contributed by atoms with Crippen molar-refractivity contribution in [2.24, 2.45) is 5.73 Å². The van der Waals surface area contributed by atoms with Crippen LogP contribution in [0.15, 0.2) is 17.5 Å². The van der Waals surface area contributed by atoms with Gasteiger partial charge in [-0.05, 0) is 32.0 Å². The van der Waals surface area contributed by atoms with Crippen LogP contribution in [-0.4, -0.2) is 37.5 Å². The highest BCUT2D eigenvalue weighted by Gasteiger charge is 2.18. The van der Waals surface area contributed by atoms with E-state index in [0.717, 1.165) is 19.3 Å². The number of carbonyl (C=O) groups is 1. The molecule has 0 saturated carbocycles. The van der Waals surface area contributed by atoms with Crippen molar-refractivity contribution in [3.8, 4) is 0 Å². The number of nitrogens with zero attached hydrogens (tertiary/aromatic N) is 1. The Kier molecular flexibility index (Phi) is 7.05. The summed E-state index contributed by atoms with van der Waals surface area (Å²) >= 11 is 1.71. The van der Waals surface area contributed by atoms with Gasteiger partial charge in [-0.2, -0.15) is 0 Å². The van der Waals surface area contributed by atoms with Gasteiger partial charge in [-0.25, -0.2) is 0 Å². The lowest BCUT2D eigenvalue weighted by atomic mass is 10.1. The van der Waals surface area contributed by atoms with Crippen LogP contribution in [0.3, 0.4) is 0 Å². The molecule has 4 nitrogen and oxygen atoms in total. The molecule has 0 spiro atoms. The first-order chi connectivity index (χ1) is 9.06. The molecule has 5 heteroatoms. The molecule has 1 amide bonds. The minimum absolute atomic E-state index is 0.0446. The van der Waals surface area contributed by atoms with E-state index in [-0.39, 0.29) is 18.0 Å². The Morgan fingerprint density at radius 3 is 2.79 bits per heavy atom. The highest BCUT2D eigenvalue weighted by Crippen LogP contribution is 2.22. The average molecular weight is 283 g/mol. The molecule has 0 aromatic carbocycles. The fourth-order valence-electron chi connectivity index (χ4n) is 1.90. The van der Waals surface area contributed by atoms with Crippen LogP contribution in [0.4, 0.5) is 0 Å². The average Bonchev–Trinajstić information content (AvgIpc) is 2.89. The van der Waals surface area contributed by atoms with Crippen molar-refractivity contribution in [1.82, 2.24) is 10.2 Å². The first-order valence-electron chi connectivity index (χ1n) is 6.79. The highest BCUT2D eigenvalue weighted by molar-refractivity contribution is 7.10. The normalized spacial score (nSPS) is 14.4. The number of nitrogens with two attached hydrogens (primary N) is 1.